The fourth-order valence-corrected chi connectivity index (χ4v) is 0.979. The lowest BCUT2D eigenvalue weighted by Crippen LogP contribution is -2.47. The van der Waals surface area contributed by atoms with E-state index in [2.05, 4.69) is 10.6 Å². The minimum Gasteiger partial charge on any atom is -0.480 e. The smallest absolute Gasteiger partial charge is 0.326 e. The number of carbonyl (C=O) groups is 2. The van der Waals surface area contributed by atoms with Crippen molar-refractivity contribution in [2.75, 3.05) is 27.2 Å². The summed E-state index contributed by atoms with van der Waals surface area (Å²) in [5.41, 5.74) is 0. The summed E-state index contributed by atoms with van der Waals surface area (Å²) in [5.74, 6) is -1.01. The van der Waals surface area contributed by atoms with Gasteiger partial charge in [-0.15, -0.1) is 0 Å². The molecule has 0 aromatic rings. The SMILES string of the molecule is CC[C@@H](NC(=O)N(C)CCNC)C(=O)O. The summed E-state index contributed by atoms with van der Waals surface area (Å²) < 4.78 is 0. The van der Waals surface area contributed by atoms with Crippen LogP contribution in [0.25, 0.3) is 0 Å². The Morgan fingerprint density at radius 2 is 2.07 bits per heavy atom. The summed E-state index contributed by atoms with van der Waals surface area (Å²) in [6.45, 7) is 2.93. The van der Waals surface area contributed by atoms with Crippen LogP contribution in [0, 0.1) is 0 Å². The van der Waals surface area contributed by atoms with E-state index in [1.807, 2.05) is 0 Å². The van der Waals surface area contributed by atoms with E-state index in [1.54, 1.807) is 21.0 Å². The molecule has 0 rings (SSSR count). The number of carbonyl (C=O) groups excluding carboxylic acids is 1. The van der Waals surface area contributed by atoms with Crippen LogP contribution in [0.2, 0.25) is 0 Å². The molecule has 0 aromatic carbocycles. The number of likely N-dealkylation sites (N-methyl/N-ethyl adjacent to an activating group) is 2. The van der Waals surface area contributed by atoms with Crippen molar-refractivity contribution in [3.05, 3.63) is 0 Å². The van der Waals surface area contributed by atoms with E-state index >= 15 is 0 Å². The quantitative estimate of drug-likeness (QED) is 0.571. The normalized spacial score (nSPS) is 11.9. The first-order valence-electron chi connectivity index (χ1n) is 4.92. The first-order valence-corrected chi connectivity index (χ1v) is 4.92. The molecular weight excluding hydrogens is 198 g/mol. The molecule has 0 bridgehead atoms. The Bertz CT molecular complexity index is 221. The molecular formula is C9H19N3O3. The molecule has 88 valence electrons. The van der Waals surface area contributed by atoms with E-state index in [9.17, 15) is 9.59 Å². The first kappa shape index (κ1) is 13.7. The first-order chi connectivity index (χ1) is 7.02. The monoisotopic (exact) mass is 217 g/mol. The minimum atomic E-state index is -1.01. The number of hydrogen-bond donors (Lipinski definition) is 3. The number of hydrogen-bond acceptors (Lipinski definition) is 3. The van der Waals surface area contributed by atoms with Gasteiger partial charge in [-0.1, -0.05) is 6.92 Å². The molecule has 0 aliphatic carbocycles. The molecule has 0 aliphatic heterocycles. The van der Waals surface area contributed by atoms with Crippen molar-refractivity contribution < 1.29 is 14.7 Å². The van der Waals surface area contributed by atoms with Crippen LogP contribution >= 0.6 is 0 Å². The van der Waals surface area contributed by atoms with Crippen molar-refractivity contribution >= 4 is 12.0 Å². The van der Waals surface area contributed by atoms with Crippen LogP contribution in [-0.2, 0) is 4.79 Å². The van der Waals surface area contributed by atoms with Crippen molar-refractivity contribution in [2.45, 2.75) is 19.4 Å². The fourth-order valence-electron chi connectivity index (χ4n) is 0.979. The number of rotatable bonds is 6. The molecule has 0 fully saturated rings. The highest BCUT2D eigenvalue weighted by atomic mass is 16.4. The largest absolute Gasteiger partial charge is 0.480 e. The summed E-state index contributed by atoms with van der Waals surface area (Å²) in [4.78, 5) is 23.5. The van der Waals surface area contributed by atoms with Gasteiger partial charge in [0.05, 0.1) is 0 Å². The molecule has 15 heavy (non-hydrogen) atoms. The second-order valence-corrected chi connectivity index (χ2v) is 3.27. The summed E-state index contributed by atoms with van der Waals surface area (Å²) in [5, 5.41) is 14.1. The van der Waals surface area contributed by atoms with Gasteiger partial charge in [-0.05, 0) is 13.5 Å². The van der Waals surface area contributed by atoms with Gasteiger partial charge in [0.1, 0.15) is 6.04 Å². The summed E-state index contributed by atoms with van der Waals surface area (Å²) in [6.07, 6.45) is 0.376. The number of aliphatic carboxylic acids is 1. The molecule has 0 saturated carbocycles. The third-order valence-corrected chi connectivity index (χ3v) is 2.05. The molecule has 6 nitrogen and oxygen atoms in total. The Morgan fingerprint density at radius 3 is 2.47 bits per heavy atom. The van der Waals surface area contributed by atoms with Gasteiger partial charge in [-0.2, -0.15) is 0 Å². The van der Waals surface area contributed by atoms with Gasteiger partial charge in [0, 0.05) is 20.1 Å². The van der Waals surface area contributed by atoms with E-state index in [0.29, 0.717) is 19.5 Å². The van der Waals surface area contributed by atoms with E-state index in [0.717, 1.165) is 0 Å². The summed E-state index contributed by atoms with van der Waals surface area (Å²) in [6, 6.07) is -1.17. The van der Waals surface area contributed by atoms with Gasteiger partial charge in [0.2, 0.25) is 0 Å². The van der Waals surface area contributed by atoms with Crippen molar-refractivity contribution in [3.8, 4) is 0 Å². The number of urea groups is 1. The third-order valence-electron chi connectivity index (χ3n) is 2.05. The number of nitrogens with one attached hydrogen (secondary N) is 2. The van der Waals surface area contributed by atoms with Crippen LogP contribution in [-0.4, -0.2) is 55.2 Å². The van der Waals surface area contributed by atoms with Crippen molar-refractivity contribution in [3.63, 3.8) is 0 Å². The molecule has 3 N–H and O–H groups in total. The minimum absolute atomic E-state index is 0.362. The number of carboxylic acids is 1. The summed E-state index contributed by atoms with van der Waals surface area (Å²) in [7, 11) is 3.42. The highest BCUT2D eigenvalue weighted by Gasteiger charge is 2.19. The van der Waals surface area contributed by atoms with Crippen molar-refractivity contribution in [1.82, 2.24) is 15.5 Å². The third kappa shape index (κ3) is 5.21. The molecule has 0 unspecified atom stereocenters. The molecule has 0 spiro atoms. The standard InChI is InChI=1S/C9H19N3O3/c1-4-7(8(13)14)11-9(15)12(3)6-5-10-2/h7,10H,4-6H2,1-3H3,(H,11,15)(H,13,14)/t7-/m1/s1. The Kier molecular flexibility index (Phi) is 6.44. The van der Waals surface area contributed by atoms with Crippen LogP contribution in [0.3, 0.4) is 0 Å². The number of amides is 2. The Hall–Kier alpha value is -1.30. The molecule has 2 amide bonds. The number of nitrogens with zero attached hydrogens (tertiary/aromatic N) is 1. The highest BCUT2D eigenvalue weighted by Crippen LogP contribution is 1.93. The van der Waals surface area contributed by atoms with Gasteiger partial charge in [-0.25, -0.2) is 9.59 Å². The predicted octanol–water partition coefficient (Wildman–Crippen LogP) is -0.290. The van der Waals surface area contributed by atoms with Crippen molar-refractivity contribution in [1.29, 1.82) is 0 Å². The van der Waals surface area contributed by atoms with Crippen LogP contribution in [0.5, 0.6) is 0 Å². The Balaban J connectivity index is 4.04. The molecule has 0 aliphatic rings. The van der Waals surface area contributed by atoms with Gasteiger partial charge in [0.15, 0.2) is 0 Å². The average Bonchev–Trinajstić information content (AvgIpc) is 2.21. The van der Waals surface area contributed by atoms with Crippen LogP contribution in [0.1, 0.15) is 13.3 Å². The molecule has 6 heteroatoms. The number of carboxylic acid groups (broad SMARTS) is 1. The fraction of sp³-hybridized carbons (Fsp3) is 0.778. The second-order valence-electron chi connectivity index (χ2n) is 3.27. The zero-order valence-corrected chi connectivity index (χ0v) is 9.41. The van der Waals surface area contributed by atoms with Crippen molar-refractivity contribution in [2.24, 2.45) is 0 Å². The topological polar surface area (TPSA) is 81.7 Å². The Labute approximate surface area is 89.6 Å². The molecule has 0 aromatic heterocycles. The maximum absolute atomic E-state index is 11.4. The van der Waals surface area contributed by atoms with Gasteiger partial charge < -0.3 is 20.6 Å². The van der Waals surface area contributed by atoms with Gasteiger partial charge in [0.25, 0.3) is 0 Å². The van der Waals surface area contributed by atoms with E-state index in [1.165, 1.54) is 4.90 Å². The maximum Gasteiger partial charge on any atom is 0.326 e. The van der Waals surface area contributed by atoms with E-state index in [4.69, 9.17) is 5.11 Å². The molecule has 0 radical (unpaired) electrons. The van der Waals surface area contributed by atoms with E-state index in [-0.39, 0.29) is 6.03 Å². The highest BCUT2D eigenvalue weighted by molar-refractivity contribution is 5.82. The lowest BCUT2D eigenvalue weighted by Gasteiger charge is -2.20. The lowest BCUT2D eigenvalue weighted by molar-refractivity contribution is -0.139. The van der Waals surface area contributed by atoms with Crippen LogP contribution in [0.4, 0.5) is 4.79 Å². The lowest BCUT2D eigenvalue weighted by atomic mass is 10.2. The average molecular weight is 217 g/mol. The van der Waals surface area contributed by atoms with Gasteiger partial charge >= 0.3 is 12.0 Å². The van der Waals surface area contributed by atoms with Gasteiger partial charge in [-0.3, -0.25) is 0 Å². The Morgan fingerprint density at radius 1 is 1.47 bits per heavy atom. The van der Waals surface area contributed by atoms with Crippen LogP contribution < -0.4 is 10.6 Å². The molecule has 0 heterocycles. The predicted molar refractivity (Wildman–Crippen MR) is 56.8 cm³/mol. The van der Waals surface area contributed by atoms with E-state index < -0.39 is 12.0 Å². The zero-order chi connectivity index (χ0) is 11.8. The molecule has 1 atom stereocenters. The zero-order valence-electron chi connectivity index (χ0n) is 9.41. The summed E-state index contributed by atoms with van der Waals surface area (Å²) >= 11 is 0. The molecule has 0 saturated heterocycles. The maximum atomic E-state index is 11.4. The van der Waals surface area contributed by atoms with Crippen LogP contribution in [0.15, 0.2) is 0 Å². The second kappa shape index (κ2) is 7.05.